The highest BCUT2D eigenvalue weighted by Gasteiger charge is 2.25. The summed E-state index contributed by atoms with van der Waals surface area (Å²) in [5.41, 5.74) is 8.82. The first-order valence-corrected chi connectivity index (χ1v) is 12.2. The molecule has 1 aliphatic rings. The van der Waals surface area contributed by atoms with Crippen LogP contribution in [0.15, 0.2) is 42.5 Å². The van der Waals surface area contributed by atoms with Crippen molar-refractivity contribution in [3.63, 3.8) is 0 Å². The first kappa shape index (κ1) is 22.0. The number of rotatable bonds is 8. The quantitative estimate of drug-likeness (QED) is 0.318. The molecule has 3 aromatic rings. The molecule has 4 rings (SSSR count). The summed E-state index contributed by atoms with van der Waals surface area (Å²) in [6.07, 6.45) is 7.44. The number of hydrogen-bond acceptors (Lipinski definition) is 4. The lowest BCUT2D eigenvalue weighted by Gasteiger charge is -2.32. The van der Waals surface area contributed by atoms with Gasteiger partial charge in [-0.2, -0.15) is 0 Å². The van der Waals surface area contributed by atoms with E-state index in [1.54, 1.807) is 23.5 Å². The zero-order valence-electron chi connectivity index (χ0n) is 18.2. The van der Waals surface area contributed by atoms with Gasteiger partial charge >= 0.3 is 0 Å². The summed E-state index contributed by atoms with van der Waals surface area (Å²) in [6.45, 7) is 5.67. The van der Waals surface area contributed by atoms with Crippen LogP contribution in [0.2, 0.25) is 0 Å². The monoisotopic (exact) mass is 438 g/mol. The van der Waals surface area contributed by atoms with Crippen LogP contribution in [-0.2, 0) is 0 Å². The molecule has 0 unspecified atom stereocenters. The third-order valence-corrected chi connectivity index (χ3v) is 7.46. The Balaban J connectivity index is 1.51. The van der Waals surface area contributed by atoms with Crippen LogP contribution in [-0.4, -0.2) is 30.3 Å². The largest absolute Gasteiger partial charge is 0.390 e. The minimum Gasteiger partial charge on any atom is -0.390 e. The fourth-order valence-corrected chi connectivity index (χ4v) is 5.71. The lowest BCUT2D eigenvalue weighted by Crippen LogP contribution is -2.33. The van der Waals surface area contributed by atoms with Crippen molar-refractivity contribution < 1.29 is 9.18 Å². The third kappa shape index (κ3) is 4.99. The number of nitrogens with two attached hydrogens (primary N) is 1. The Morgan fingerprint density at radius 2 is 1.77 bits per heavy atom. The molecule has 0 spiro atoms. The number of ketones is 1. The van der Waals surface area contributed by atoms with E-state index in [1.807, 2.05) is 18.2 Å². The Hall–Kier alpha value is -2.24. The van der Waals surface area contributed by atoms with E-state index >= 15 is 0 Å². The zero-order chi connectivity index (χ0) is 21.8. The standard InChI is InChI=1S/C26H31FN2OS/c1-2-3-4-5-14-29-15-12-18(13-16-29)24-22-17-20(8-11-23(22)31-26(24)28)25(30)19-6-9-21(27)10-7-19/h6-11,17-18H,2-5,12-16,28H2,1H3. The van der Waals surface area contributed by atoms with Crippen molar-refractivity contribution in [2.45, 2.75) is 51.4 Å². The van der Waals surface area contributed by atoms with Crippen molar-refractivity contribution in [2.75, 3.05) is 25.4 Å². The van der Waals surface area contributed by atoms with Gasteiger partial charge in [0.05, 0.1) is 5.00 Å². The second-order valence-corrected chi connectivity index (χ2v) is 9.69. The molecule has 2 N–H and O–H groups in total. The zero-order valence-corrected chi connectivity index (χ0v) is 19.0. The predicted molar refractivity (Wildman–Crippen MR) is 129 cm³/mol. The van der Waals surface area contributed by atoms with Gasteiger partial charge in [0.1, 0.15) is 5.82 Å². The molecule has 0 bridgehead atoms. The number of hydrogen-bond donors (Lipinski definition) is 1. The molecule has 164 valence electrons. The topological polar surface area (TPSA) is 46.3 Å². The van der Waals surface area contributed by atoms with E-state index in [4.69, 9.17) is 5.73 Å². The van der Waals surface area contributed by atoms with Gasteiger partial charge in [-0.05, 0) is 98.2 Å². The van der Waals surface area contributed by atoms with E-state index in [1.165, 1.54) is 49.9 Å². The van der Waals surface area contributed by atoms with Crippen molar-refractivity contribution in [2.24, 2.45) is 0 Å². The van der Waals surface area contributed by atoms with Crippen molar-refractivity contribution in [3.05, 3.63) is 65.0 Å². The molecule has 2 heterocycles. The molecule has 1 aromatic heterocycles. The molecule has 1 saturated heterocycles. The maximum Gasteiger partial charge on any atom is 0.193 e. The minimum absolute atomic E-state index is 0.0838. The van der Waals surface area contributed by atoms with Crippen molar-refractivity contribution in [1.29, 1.82) is 0 Å². The molecule has 31 heavy (non-hydrogen) atoms. The van der Waals surface area contributed by atoms with Gasteiger partial charge in [-0.1, -0.05) is 26.2 Å². The molecule has 0 radical (unpaired) electrons. The number of anilines is 1. The molecule has 2 aromatic carbocycles. The molecule has 1 fully saturated rings. The molecular weight excluding hydrogens is 407 g/mol. The molecule has 0 saturated carbocycles. The number of likely N-dealkylation sites (tertiary alicyclic amines) is 1. The van der Waals surface area contributed by atoms with Crippen LogP contribution in [0.1, 0.15) is 72.9 Å². The fraction of sp³-hybridized carbons (Fsp3) is 0.423. The lowest BCUT2D eigenvalue weighted by atomic mass is 9.87. The predicted octanol–water partition coefficient (Wildman–Crippen LogP) is 6.61. The second kappa shape index (κ2) is 9.92. The van der Waals surface area contributed by atoms with Gasteiger partial charge in [0.2, 0.25) is 0 Å². The van der Waals surface area contributed by atoms with E-state index in [0.717, 1.165) is 41.0 Å². The number of piperidine rings is 1. The van der Waals surface area contributed by atoms with Crippen LogP contribution in [0.5, 0.6) is 0 Å². The molecule has 1 aliphatic heterocycles. The third-order valence-electron chi connectivity index (χ3n) is 6.45. The number of thiophene rings is 1. The SMILES string of the molecule is CCCCCCN1CCC(c2c(N)sc3ccc(C(=O)c4ccc(F)cc4)cc23)CC1. The van der Waals surface area contributed by atoms with Crippen molar-refractivity contribution in [3.8, 4) is 0 Å². The number of carbonyl (C=O) groups is 1. The van der Waals surface area contributed by atoms with Crippen LogP contribution < -0.4 is 5.73 Å². The minimum atomic E-state index is -0.336. The molecule has 0 atom stereocenters. The van der Waals surface area contributed by atoms with Crippen LogP contribution in [0, 0.1) is 5.82 Å². The Morgan fingerprint density at radius 3 is 2.48 bits per heavy atom. The highest BCUT2D eigenvalue weighted by atomic mass is 32.1. The normalized spacial score (nSPS) is 15.5. The van der Waals surface area contributed by atoms with Gasteiger partial charge in [0, 0.05) is 15.8 Å². The van der Waals surface area contributed by atoms with Gasteiger partial charge in [-0.3, -0.25) is 4.79 Å². The Morgan fingerprint density at radius 1 is 1.06 bits per heavy atom. The summed E-state index contributed by atoms with van der Waals surface area (Å²) in [7, 11) is 0. The summed E-state index contributed by atoms with van der Waals surface area (Å²) in [5.74, 6) is 0.0212. The number of halogens is 1. The summed E-state index contributed by atoms with van der Waals surface area (Å²) in [6, 6.07) is 11.6. The van der Waals surface area contributed by atoms with Gasteiger partial charge in [-0.15, -0.1) is 11.3 Å². The number of fused-ring (bicyclic) bond motifs is 1. The molecule has 0 amide bonds. The van der Waals surface area contributed by atoms with Crippen LogP contribution in [0.3, 0.4) is 0 Å². The van der Waals surface area contributed by atoms with E-state index < -0.39 is 0 Å². The number of nitrogens with zero attached hydrogens (tertiary/aromatic N) is 1. The lowest BCUT2D eigenvalue weighted by molar-refractivity contribution is 0.103. The highest BCUT2D eigenvalue weighted by Crippen LogP contribution is 2.42. The Bertz CT molecular complexity index is 1040. The van der Waals surface area contributed by atoms with Crippen molar-refractivity contribution in [1.82, 2.24) is 4.90 Å². The maximum absolute atomic E-state index is 13.2. The molecule has 0 aliphatic carbocycles. The van der Waals surface area contributed by atoms with E-state index in [-0.39, 0.29) is 11.6 Å². The number of nitrogen functional groups attached to an aromatic ring is 1. The van der Waals surface area contributed by atoms with Crippen molar-refractivity contribution >= 4 is 32.2 Å². The first-order valence-electron chi connectivity index (χ1n) is 11.4. The van der Waals surface area contributed by atoms with Gasteiger partial charge in [0.25, 0.3) is 0 Å². The Kier molecular flexibility index (Phi) is 7.03. The summed E-state index contributed by atoms with van der Waals surface area (Å²) in [4.78, 5) is 15.5. The van der Waals surface area contributed by atoms with E-state index in [9.17, 15) is 9.18 Å². The first-order chi connectivity index (χ1) is 15.1. The van der Waals surface area contributed by atoms with Gasteiger partial charge in [-0.25, -0.2) is 4.39 Å². The highest BCUT2D eigenvalue weighted by molar-refractivity contribution is 7.22. The van der Waals surface area contributed by atoms with Crippen LogP contribution >= 0.6 is 11.3 Å². The Labute approximate surface area is 188 Å². The number of benzene rings is 2. The molecular formula is C26H31FN2OS. The summed E-state index contributed by atoms with van der Waals surface area (Å²) >= 11 is 1.61. The maximum atomic E-state index is 13.2. The number of unbranched alkanes of at least 4 members (excludes halogenated alkanes) is 3. The fourth-order valence-electron chi connectivity index (χ4n) is 4.67. The average molecular weight is 439 g/mol. The van der Waals surface area contributed by atoms with Gasteiger partial charge in [0.15, 0.2) is 5.78 Å². The second-order valence-electron chi connectivity index (χ2n) is 8.60. The molecule has 3 nitrogen and oxygen atoms in total. The summed E-state index contributed by atoms with van der Waals surface area (Å²) < 4.78 is 14.4. The van der Waals surface area contributed by atoms with Gasteiger partial charge < -0.3 is 10.6 Å². The molecule has 5 heteroatoms. The average Bonchev–Trinajstić information content (AvgIpc) is 3.12. The number of carbonyl (C=O) groups excluding carboxylic acids is 1. The smallest absolute Gasteiger partial charge is 0.193 e. The van der Waals surface area contributed by atoms with Crippen LogP contribution in [0.25, 0.3) is 10.1 Å². The van der Waals surface area contributed by atoms with E-state index in [2.05, 4.69) is 11.8 Å². The van der Waals surface area contributed by atoms with Crippen LogP contribution in [0.4, 0.5) is 9.39 Å². The van der Waals surface area contributed by atoms with E-state index in [0.29, 0.717) is 17.0 Å². The summed E-state index contributed by atoms with van der Waals surface area (Å²) in [5, 5.41) is 1.99.